The van der Waals surface area contributed by atoms with Crippen LogP contribution in [-0.2, 0) is 46.9 Å². The summed E-state index contributed by atoms with van der Waals surface area (Å²) in [4.78, 5) is 38.1. The number of amides is 3. The summed E-state index contributed by atoms with van der Waals surface area (Å²) in [5.74, 6) is -0.240. The number of carbonyl (C=O) groups is 2. The number of likely N-dealkylation sites (N-methyl/N-ethyl adjacent to an activating group) is 1. The lowest BCUT2D eigenvalue weighted by atomic mass is 9.91. The maximum atomic E-state index is 13.0. The predicted molar refractivity (Wildman–Crippen MR) is 162 cm³/mol. The lowest BCUT2D eigenvalue weighted by Gasteiger charge is -2.29. The lowest BCUT2D eigenvalue weighted by molar-refractivity contribution is -0.532. The summed E-state index contributed by atoms with van der Waals surface area (Å²) < 4.78 is 32.9. The Balaban J connectivity index is 0.991. The number of carbonyl (C=O) groups excluding carboxylic acids is 2. The minimum absolute atomic E-state index is 0.0379. The molecule has 3 amide bonds. The molecular formula is C30H35N7O7S. The number of sulfonamides is 1. The maximum Gasteiger partial charge on any atom is 0.333 e. The summed E-state index contributed by atoms with van der Waals surface area (Å²) in [7, 11) is -2.36. The Bertz CT molecular complexity index is 1710. The molecule has 3 aromatic rings. The van der Waals surface area contributed by atoms with Gasteiger partial charge in [0.25, 0.3) is 16.1 Å². The van der Waals surface area contributed by atoms with E-state index in [0.29, 0.717) is 25.1 Å². The van der Waals surface area contributed by atoms with Crippen molar-refractivity contribution in [3.63, 3.8) is 0 Å². The molecule has 2 aromatic carbocycles. The van der Waals surface area contributed by atoms with Gasteiger partial charge >= 0.3 is 6.03 Å². The topological polar surface area (TPSA) is 190 Å². The van der Waals surface area contributed by atoms with E-state index < -0.39 is 27.0 Å². The van der Waals surface area contributed by atoms with Crippen molar-refractivity contribution in [2.75, 3.05) is 25.5 Å². The molecule has 1 heterocycles. The normalized spacial score (nSPS) is 18.6. The van der Waals surface area contributed by atoms with E-state index in [9.17, 15) is 28.1 Å². The molecule has 0 bridgehead atoms. The lowest BCUT2D eigenvalue weighted by Crippen LogP contribution is -2.39. The Morgan fingerprint density at radius 3 is 2.36 bits per heavy atom. The van der Waals surface area contributed by atoms with Crippen molar-refractivity contribution in [2.45, 2.75) is 74.8 Å². The summed E-state index contributed by atoms with van der Waals surface area (Å²) in [5.41, 5.74) is 6.88. The zero-order valence-corrected chi connectivity index (χ0v) is 25.7. The van der Waals surface area contributed by atoms with Crippen LogP contribution in [0.5, 0.6) is 0 Å². The summed E-state index contributed by atoms with van der Waals surface area (Å²) in [6.07, 6.45) is 6.91. The van der Waals surface area contributed by atoms with E-state index in [1.807, 2.05) is 0 Å². The summed E-state index contributed by atoms with van der Waals surface area (Å²) in [6.45, 7) is 0.357. The molecule has 2 atom stereocenters. The summed E-state index contributed by atoms with van der Waals surface area (Å²) in [5, 5.41) is 24.6. The van der Waals surface area contributed by atoms with Crippen molar-refractivity contribution in [3.8, 4) is 0 Å². The second-order valence-electron chi connectivity index (χ2n) is 11.9. The smallest absolute Gasteiger partial charge is 0.333 e. The van der Waals surface area contributed by atoms with E-state index >= 15 is 0 Å². The zero-order chi connectivity index (χ0) is 31.7. The molecule has 238 valence electrons. The predicted octanol–water partition coefficient (Wildman–Crippen LogP) is 3.00. The number of nitro groups is 1. The number of hydrogen-bond donors (Lipinski definition) is 3. The number of anilines is 1. The van der Waals surface area contributed by atoms with Crippen molar-refractivity contribution in [1.82, 2.24) is 25.3 Å². The molecule has 0 spiro atoms. The van der Waals surface area contributed by atoms with Gasteiger partial charge in [-0.3, -0.25) is 19.8 Å². The number of hydrogen-bond acceptors (Lipinski definition) is 10. The molecule has 0 saturated carbocycles. The highest BCUT2D eigenvalue weighted by Crippen LogP contribution is 2.39. The van der Waals surface area contributed by atoms with Gasteiger partial charge < -0.3 is 10.6 Å². The van der Waals surface area contributed by atoms with Crippen LogP contribution in [0.1, 0.15) is 77.0 Å². The Kier molecular flexibility index (Phi) is 8.55. The first-order chi connectivity index (χ1) is 21.6. The number of aromatic nitrogens is 2. The molecular weight excluding hydrogens is 602 g/mol. The second kappa shape index (κ2) is 12.6. The molecule has 3 aliphatic carbocycles. The Hall–Kier alpha value is -4.37. The van der Waals surface area contributed by atoms with E-state index in [1.54, 1.807) is 24.1 Å². The van der Waals surface area contributed by atoms with Gasteiger partial charge in [0.05, 0.1) is 17.5 Å². The summed E-state index contributed by atoms with van der Waals surface area (Å²) in [6, 6.07) is 6.34. The van der Waals surface area contributed by atoms with Gasteiger partial charge in [0.2, 0.25) is 5.91 Å². The molecule has 0 aliphatic heterocycles. The highest BCUT2D eigenvalue weighted by atomic mass is 32.2. The summed E-state index contributed by atoms with van der Waals surface area (Å²) >= 11 is 0. The molecule has 2 unspecified atom stereocenters. The molecule has 1 aromatic heterocycles. The maximum absolute atomic E-state index is 13.0. The van der Waals surface area contributed by atoms with Crippen LogP contribution in [-0.4, -0.2) is 60.6 Å². The number of rotatable bonds is 10. The Morgan fingerprint density at radius 1 is 1.02 bits per heavy atom. The zero-order valence-electron chi connectivity index (χ0n) is 24.9. The van der Waals surface area contributed by atoms with Gasteiger partial charge in [-0.25, -0.2) is 22.6 Å². The molecule has 6 rings (SSSR count). The highest BCUT2D eigenvalue weighted by molar-refractivity contribution is 7.90. The fraction of sp³-hybridized carbons (Fsp3) is 0.467. The number of nitrogens with one attached hydrogen (secondary N) is 3. The largest absolute Gasteiger partial charge is 0.355 e. The number of urea groups is 1. The van der Waals surface area contributed by atoms with Crippen LogP contribution in [0.15, 0.2) is 39.9 Å². The fourth-order valence-corrected chi connectivity index (χ4v) is 7.66. The van der Waals surface area contributed by atoms with Crippen LogP contribution in [0, 0.1) is 10.1 Å². The standard InChI is InChI=1S/C30H35N7O7S/c1-36(24-12-13-25(37(40)41)29-28(24)33-44-34-29)17-26(38)31-15-14-18-8-10-21(11-9-18)45(42,43)35-30(39)32-27-22-6-2-4-19(22)16-20-5-3-7-23(20)27/h8-11,16,24-25H,2-7,12-15,17H2,1H3,(H,31,38)(H2,32,35,39). The quantitative estimate of drug-likeness (QED) is 0.220. The highest BCUT2D eigenvalue weighted by Gasteiger charge is 2.41. The van der Waals surface area contributed by atoms with Crippen molar-refractivity contribution >= 4 is 27.6 Å². The van der Waals surface area contributed by atoms with Gasteiger partial charge in [0.1, 0.15) is 5.69 Å². The van der Waals surface area contributed by atoms with Crippen LogP contribution >= 0.6 is 0 Å². The van der Waals surface area contributed by atoms with E-state index in [0.717, 1.165) is 60.9 Å². The van der Waals surface area contributed by atoms with E-state index in [1.165, 1.54) is 23.3 Å². The van der Waals surface area contributed by atoms with Gasteiger partial charge in [0, 0.05) is 23.6 Å². The molecule has 3 aliphatic rings. The third kappa shape index (κ3) is 6.40. The molecule has 45 heavy (non-hydrogen) atoms. The van der Waals surface area contributed by atoms with Crippen LogP contribution in [0.25, 0.3) is 0 Å². The SMILES string of the molecule is CN(CC(=O)NCCc1ccc(S(=O)(=O)NC(=O)Nc2c3c(cc4c2CCC4)CCC3)cc1)C1CCC([N+](=O)[O-])c2nonc21. The van der Waals surface area contributed by atoms with Crippen molar-refractivity contribution < 1.29 is 27.6 Å². The van der Waals surface area contributed by atoms with Gasteiger partial charge in [-0.15, -0.1) is 0 Å². The number of aryl methyl sites for hydroxylation is 2. The first-order valence-electron chi connectivity index (χ1n) is 15.1. The first-order valence-corrected chi connectivity index (χ1v) is 16.6. The Labute approximate surface area is 260 Å². The molecule has 15 heteroatoms. The molecule has 0 saturated heterocycles. The van der Waals surface area contributed by atoms with Crippen LogP contribution in [0.3, 0.4) is 0 Å². The van der Waals surface area contributed by atoms with Crippen LogP contribution in [0.4, 0.5) is 10.5 Å². The number of benzene rings is 2. The van der Waals surface area contributed by atoms with Crippen LogP contribution < -0.4 is 15.4 Å². The van der Waals surface area contributed by atoms with E-state index in [2.05, 4.69) is 31.7 Å². The molecule has 0 fully saturated rings. The van der Waals surface area contributed by atoms with Gasteiger partial charge in [-0.05, 0) is 104 Å². The van der Waals surface area contributed by atoms with Crippen molar-refractivity contribution in [3.05, 3.63) is 79.7 Å². The minimum Gasteiger partial charge on any atom is -0.355 e. The van der Waals surface area contributed by atoms with Gasteiger partial charge in [-0.2, -0.15) is 0 Å². The average molecular weight is 638 g/mol. The van der Waals surface area contributed by atoms with Crippen molar-refractivity contribution in [2.24, 2.45) is 0 Å². The van der Waals surface area contributed by atoms with E-state index in [4.69, 9.17) is 4.63 Å². The third-order valence-electron chi connectivity index (χ3n) is 8.97. The van der Waals surface area contributed by atoms with Gasteiger partial charge in [-0.1, -0.05) is 23.4 Å². The first kappa shape index (κ1) is 30.6. The monoisotopic (exact) mass is 637 g/mol. The van der Waals surface area contributed by atoms with Crippen molar-refractivity contribution in [1.29, 1.82) is 0 Å². The third-order valence-corrected chi connectivity index (χ3v) is 10.3. The average Bonchev–Trinajstić information content (AvgIpc) is 3.77. The minimum atomic E-state index is -4.10. The van der Waals surface area contributed by atoms with E-state index in [-0.39, 0.29) is 35.5 Å². The fourth-order valence-electron chi connectivity index (χ4n) is 6.75. The Morgan fingerprint density at radius 2 is 1.69 bits per heavy atom. The number of nitrogens with zero attached hydrogens (tertiary/aromatic N) is 4. The van der Waals surface area contributed by atoms with Gasteiger partial charge in [0.15, 0.2) is 5.69 Å². The molecule has 0 radical (unpaired) electrons. The molecule has 14 nitrogen and oxygen atoms in total. The second-order valence-corrected chi connectivity index (χ2v) is 13.6. The number of fused-ring (bicyclic) bond motifs is 3. The van der Waals surface area contributed by atoms with Crippen LogP contribution in [0.2, 0.25) is 0 Å². The molecule has 3 N–H and O–H groups in total.